The molecule has 3 rings (SSSR count). The molecule has 19 heavy (non-hydrogen) atoms. The quantitative estimate of drug-likeness (QED) is 0.695. The predicted octanol–water partition coefficient (Wildman–Crippen LogP) is 0.825. The van der Waals surface area contributed by atoms with Crippen molar-refractivity contribution in [2.24, 2.45) is 17.3 Å². The van der Waals surface area contributed by atoms with Gasteiger partial charge in [0.25, 0.3) is 0 Å². The summed E-state index contributed by atoms with van der Waals surface area (Å²) >= 11 is 0. The molecule has 0 aromatic rings. The van der Waals surface area contributed by atoms with Gasteiger partial charge in [-0.3, -0.25) is 9.59 Å². The maximum atomic E-state index is 12.5. The molecule has 3 fully saturated rings. The molecule has 5 heteroatoms. The molecule has 1 aliphatic heterocycles. The lowest BCUT2D eigenvalue weighted by Gasteiger charge is -2.37. The fourth-order valence-electron chi connectivity index (χ4n) is 3.12. The first-order chi connectivity index (χ1) is 9.15. The molecule has 0 bridgehead atoms. The van der Waals surface area contributed by atoms with E-state index in [2.05, 4.69) is 0 Å². The van der Waals surface area contributed by atoms with Gasteiger partial charge in [0.15, 0.2) is 0 Å². The van der Waals surface area contributed by atoms with E-state index in [1.807, 2.05) is 4.90 Å². The first-order valence-electron chi connectivity index (χ1n) is 7.10. The van der Waals surface area contributed by atoms with Crippen molar-refractivity contribution in [3.63, 3.8) is 0 Å². The van der Waals surface area contributed by atoms with Gasteiger partial charge in [-0.1, -0.05) is 0 Å². The van der Waals surface area contributed by atoms with E-state index in [0.717, 1.165) is 38.8 Å². The van der Waals surface area contributed by atoms with Crippen LogP contribution in [0.15, 0.2) is 0 Å². The fourth-order valence-corrected chi connectivity index (χ4v) is 3.12. The number of methoxy groups -OCH3 is 1. The van der Waals surface area contributed by atoms with Crippen LogP contribution in [0.3, 0.4) is 0 Å². The smallest absolute Gasteiger partial charge is 0.309 e. The van der Waals surface area contributed by atoms with Crippen molar-refractivity contribution in [2.45, 2.75) is 25.7 Å². The number of hydrogen-bond donors (Lipinski definition) is 0. The Bertz CT molecular complexity index is 391. The Kier molecular flexibility index (Phi) is 3.25. The van der Waals surface area contributed by atoms with Gasteiger partial charge in [0, 0.05) is 18.5 Å². The van der Waals surface area contributed by atoms with Gasteiger partial charge in [-0.25, -0.2) is 0 Å². The zero-order valence-electron chi connectivity index (χ0n) is 11.4. The predicted molar refractivity (Wildman–Crippen MR) is 67.3 cm³/mol. The second kappa shape index (κ2) is 4.78. The molecule has 3 aliphatic rings. The maximum Gasteiger partial charge on any atom is 0.309 e. The van der Waals surface area contributed by atoms with Crippen molar-refractivity contribution in [3.8, 4) is 0 Å². The van der Waals surface area contributed by atoms with Gasteiger partial charge in [0.05, 0.1) is 32.2 Å². The summed E-state index contributed by atoms with van der Waals surface area (Å²) in [6, 6.07) is 0. The van der Waals surface area contributed by atoms with Crippen LogP contribution in [0.4, 0.5) is 0 Å². The Hall–Kier alpha value is -1.10. The van der Waals surface area contributed by atoms with Crippen molar-refractivity contribution >= 4 is 11.9 Å². The molecule has 2 atom stereocenters. The third-order valence-electron chi connectivity index (χ3n) is 4.80. The van der Waals surface area contributed by atoms with Crippen LogP contribution in [0.2, 0.25) is 0 Å². The summed E-state index contributed by atoms with van der Waals surface area (Å²) in [6.07, 6.45) is 3.89. The number of carbonyl (C=O) groups is 2. The highest BCUT2D eigenvalue weighted by atomic mass is 16.5. The SMILES string of the molecule is COC(=O)[C@H]1CC[C@H]1C(=O)N1CCOCC2(CC2)C1. The minimum atomic E-state index is -0.239. The van der Waals surface area contributed by atoms with Crippen LogP contribution in [0.1, 0.15) is 25.7 Å². The summed E-state index contributed by atoms with van der Waals surface area (Å²) in [6.45, 7) is 2.85. The lowest BCUT2D eigenvalue weighted by molar-refractivity contribution is -0.159. The number of ether oxygens (including phenoxy) is 2. The lowest BCUT2D eigenvalue weighted by atomic mass is 9.72. The van der Waals surface area contributed by atoms with E-state index in [1.54, 1.807) is 0 Å². The number of amides is 1. The molecule has 0 N–H and O–H groups in total. The summed E-state index contributed by atoms with van der Waals surface area (Å²) in [5, 5.41) is 0. The van der Waals surface area contributed by atoms with E-state index in [1.165, 1.54) is 7.11 Å². The summed E-state index contributed by atoms with van der Waals surface area (Å²) in [5.41, 5.74) is 0.219. The van der Waals surface area contributed by atoms with Crippen molar-refractivity contribution in [1.82, 2.24) is 4.90 Å². The first-order valence-corrected chi connectivity index (χ1v) is 7.10. The van der Waals surface area contributed by atoms with Crippen LogP contribution in [-0.4, -0.2) is 50.2 Å². The summed E-state index contributed by atoms with van der Waals surface area (Å²) in [7, 11) is 1.39. The van der Waals surface area contributed by atoms with Crippen LogP contribution in [0.25, 0.3) is 0 Å². The number of carbonyl (C=O) groups excluding carboxylic acids is 2. The van der Waals surface area contributed by atoms with Crippen molar-refractivity contribution in [1.29, 1.82) is 0 Å². The van der Waals surface area contributed by atoms with Crippen LogP contribution in [0, 0.1) is 17.3 Å². The Labute approximate surface area is 113 Å². The average Bonchev–Trinajstić information content (AvgIpc) is 3.15. The molecule has 5 nitrogen and oxygen atoms in total. The van der Waals surface area contributed by atoms with Crippen molar-refractivity contribution in [2.75, 3.05) is 33.4 Å². The Morgan fingerprint density at radius 2 is 2.00 bits per heavy atom. The molecule has 106 valence electrons. The maximum absolute atomic E-state index is 12.5. The van der Waals surface area contributed by atoms with Gasteiger partial charge in [-0.2, -0.15) is 0 Å². The topological polar surface area (TPSA) is 55.8 Å². The first kappa shape index (κ1) is 12.9. The molecule has 0 unspecified atom stereocenters. The summed E-state index contributed by atoms with van der Waals surface area (Å²) < 4.78 is 10.4. The third kappa shape index (κ3) is 2.36. The molecule has 0 radical (unpaired) electrons. The monoisotopic (exact) mass is 267 g/mol. The molecule has 1 amide bonds. The molecule has 2 saturated carbocycles. The van der Waals surface area contributed by atoms with E-state index < -0.39 is 0 Å². The number of hydrogen-bond acceptors (Lipinski definition) is 4. The van der Waals surface area contributed by atoms with Gasteiger partial charge in [0.1, 0.15) is 0 Å². The number of esters is 1. The Balaban J connectivity index is 1.64. The fraction of sp³-hybridized carbons (Fsp3) is 0.857. The largest absolute Gasteiger partial charge is 0.469 e. The highest BCUT2D eigenvalue weighted by Gasteiger charge is 2.49. The van der Waals surface area contributed by atoms with Gasteiger partial charge in [0.2, 0.25) is 5.91 Å². The second-order valence-corrected chi connectivity index (χ2v) is 6.13. The van der Waals surface area contributed by atoms with E-state index >= 15 is 0 Å². The molecule has 0 aromatic carbocycles. The zero-order chi connectivity index (χ0) is 13.5. The van der Waals surface area contributed by atoms with Gasteiger partial charge < -0.3 is 14.4 Å². The van der Waals surface area contributed by atoms with Crippen molar-refractivity contribution in [3.05, 3.63) is 0 Å². The molecular formula is C14H21NO4. The van der Waals surface area contributed by atoms with Crippen LogP contribution in [-0.2, 0) is 19.1 Å². The normalized spacial score (nSPS) is 32.4. The lowest BCUT2D eigenvalue weighted by Crippen LogP contribution is -2.48. The molecular weight excluding hydrogens is 246 g/mol. The molecule has 0 aromatic heterocycles. The standard InChI is InChI=1S/C14H21NO4/c1-18-13(17)11-3-2-10(11)12(16)15-6-7-19-9-14(8-15)4-5-14/h10-11H,2-9H2,1H3/t10-,11+/m1/s1. The summed E-state index contributed by atoms with van der Waals surface area (Å²) in [4.78, 5) is 26.0. The molecule has 2 aliphatic carbocycles. The van der Waals surface area contributed by atoms with Crippen LogP contribution in [0.5, 0.6) is 0 Å². The Morgan fingerprint density at radius 1 is 1.26 bits per heavy atom. The second-order valence-electron chi connectivity index (χ2n) is 6.13. The van der Waals surface area contributed by atoms with Crippen molar-refractivity contribution < 1.29 is 19.1 Å². The minimum absolute atomic E-state index is 0.124. The molecule has 1 saturated heterocycles. The van der Waals surface area contributed by atoms with E-state index in [9.17, 15) is 9.59 Å². The highest BCUT2D eigenvalue weighted by molar-refractivity contribution is 5.87. The van der Waals surface area contributed by atoms with E-state index in [4.69, 9.17) is 9.47 Å². The number of nitrogens with zero attached hydrogens (tertiary/aromatic N) is 1. The number of rotatable bonds is 2. The highest BCUT2D eigenvalue weighted by Crippen LogP contribution is 2.48. The van der Waals surface area contributed by atoms with E-state index in [0.29, 0.717) is 13.2 Å². The Morgan fingerprint density at radius 3 is 2.58 bits per heavy atom. The van der Waals surface area contributed by atoms with Gasteiger partial charge >= 0.3 is 5.97 Å². The summed E-state index contributed by atoms with van der Waals surface area (Å²) in [5.74, 6) is -0.506. The van der Waals surface area contributed by atoms with Crippen LogP contribution >= 0.6 is 0 Å². The van der Waals surface area contributed by atoms with Crippen LogP contribution < -0.4 is 0 Å². The third-order valence-corrected chi connectivity index (χ3v) is 4.80. The van der Waals surface area contributed by atoms with Gasteiger partial charge in [-0.15, -0.1) is 0 Å². The van der Waals surface area contributed by atoms with Gasteiger partial charge in [-0.05, 0) is 25.7 Å². The molecule has 1 heterocycles. The zero-order valence-corrected chi connectivity index (χ0v) is 11.4. The van der Waals surface area contributed by atoms with E-state index in [-0.39, 0.29) is 29.1 Å². The minimum Gasteiger partial charge on any atom is -0.469 e. The molecule has 1 spiro atoms. The average molecular weight is 267 g/mol.